The van der Waals surface area contributed by atoms with Crippen molar-refractivity contribution in [3.8, 4) is 5.75 Å². The largest absolute Gasteiger partial charge is 0.458 e. The molecule has 4 N–H and O–H groups in total. The molecule has 1 fully saturated rings. The average molecular weight is 326 g/mol. The standard InChI is InChI=1S/C16H22O7/c1-8(2)9-4-3-5-11(10(18)6-9)22-16-15(21)14(20)13(19)12(7-17)23-16/h3-6,8,12-17,19-21H,7H2,1-2H3. The second-order valence-electron chi connectivity index (χ2n) is 5.87. The molecule has 0 amide bonds. The zero-order valence-electron chi connectivity index (χ0n) is 13.0. The molecule has 23 heavy (non-hydrogen) atoms. The van der Waals surface area contributed by atoms with Crippen molar-refractivity contribution in [1.82, 2.24) is 0 Å². The second kappa shape index (κ2) is 7.37. The van der Waals surface area contributed by atoms with Crippen LogP contribution in [0, 0.1) is 0 Å². The fourth-order valence-corrected chi connectivity index (χ4v) is 2.35. The van der Waals surface area contributed by atoms with E-state index in [1.807, 2.05) is 13.8 Å². The number of ether oxygens (including phenoxy) is 2. The molecule has 0 aromatic heterocycles. The summed E-state index contributed by atoms with van der Waals surface area (Å²) in [5.41, 5.74) is 0.439. The van der Waals surface area contributed by atoms with Crippen LogP contribution in [0.1, 0.15) is 25.3 Å². The van der Waals surface area contributed by atoms with Gasteiger partial charge in [0.05, 0.1) is 6.61 Å². The molecular weight excluding hydrogens is 304 g/mol. The highest BCUT2D eigenvalue weighted by Gasteiger charge is 2.44. The Morgan fingerprint density at radius 1 is 1.17 bits per heavy atom. The fourth-order valence-electron chi connectivity index (χ4n) is 2.35. The molecule has 0 saturated carbocycles. The van der Waals surface area contributed by atoms with Crippen LogP contribution in [0.2, 0.25) is 0 Å². The minimum absolute atomic E-state index is 0.0544. The van der Waals surface area contributed by atoms with E-state index in [2.05, 4.69) is 0 Å². The minimum Gasteiger partial charge on any atom is -0.458 e. The second-order valence-corrected chi connectivity index (χ2v) is 5.87. The summed E-state index contributed by atoms with van der Waals surface area (Å²) in [6.45, 7) is 3.34. The summed E-state index contributed by atoms with van der Waals surface area (Å²) in [4.78, 5) is 12.2. The van der Waals surface area contributed by atoms with Gasteiger partial charge in [0.2, 0.25) is 11.7 Å². The van der Waals surface area contributed by atoms with Gasteiger partial charge in [-0.2, -0.15) is 0 Å². The monoisotopic (exact) mass is 326 g/mol. The maximum Gasteiger partial charge on any atom is 0.229 e. The normalized spacial score (nSPS) is 31.2. The van der Waals surface area contributed by atoms with E-state index in [1.165, 1.54) is 12.1 Å². The van der Waals surface area contributed by atoms with Crippen LogP contribution in [0.25, 0.3) is 0 Å². The number of hydrogen-bond acceptors (Lipinski definition) is 7. The van der Waals surface area contributed by atoms with Crippen LogP contribution in [-0.2, 0) is 4.74 Å². The molecule has 1 aromatic rings. The van der Waals surface area contributed by atoms with Crippen molar-refractivity contribution in [3.05, 3.63) is 40.1 Å². The molecule has 1 aliphatic rings. The average Bonchev–Trinajstić information content (AvgIpc) is 2.70. The maximum atomic E-state index is 12.2. The Bertz CT molecular complexity index is 587. The van der Waals surface area contributed by atoms with E-state index in [4.69, 9.17) is 14.6 Å². The van der Waals surface area contributed by atoms with Gasteiger partial charge in [-0.25, -0.2) is 0 Å². The first kappa shape index (κ1) is 17.8. The molecule has 128 valence electrons. The van der Waals surface area contributed by atoms with Crippen molar-refractivity contribution in [1.29, 1.82) is 0 Å². The van der Waals surface area contributed by atoms with Crippen LogP contribution in [0.15, 0.2) is 29.1 Å². The van der Waals surface area contributed by atoms with Gasteiger partial charge >= 0.3 is 0 Å². The third kappa shape index (κ3) is 3.88. The van der Waals surface area contributed by atoms with Crippen LogP contribution in [0.4, 0.5) is 0 Å². The van der Waals surface area contributed by atoms with Crippen molar-refractivity contribution < 1.29 is 29.9 Å². The quantitative estimate of drug-likeness (QED) is 0.581. The van der Waals surface area contributed by atoms with E-state index in [0.717, 1.165) is 5.56 Å². The number of hydrogen-bond donors (Lipinski definition) is 4. The van der Waals surface area contributed by atoms with Crippen molar-refractivity contribution in [2.75, 3.05) is 6.61 Å². The number of aliphatic hydroxyl groups excluding tert-OH is 4. The predicted molar refractivity (Wildman–Crippen MR) is 81.2 cm³/mol. The first-order chi connectivity index (χ1) is 10.8. The summed E-state index contributed by atoms with van der Waals surface area (Å²) in [5, 5.41) is 38.5. The molecule has 0 spiro atoms. The lowest BCUT2D eigenvalue weighted by atomic mass is 9.99. The van der Waals surface area contributed by atoms with Gasteiger partial charge in [-0.1, -0.05) is 26.0 Å². The van der Waals surface area contributed by atoms with Crippen molar-refractivity contribution in [3.63, 3.8) is 0 Å². The Labute approximate surface area is 133 Å². The lowest BCUT2D eigenvalue weighted by Gasteiger charge is -2.39. The van der Waals surface area contributed by atoms with Crippen LogP contribution < -0.4 is 10.2 Å². The van der Waals surface area contributed by atoms with E-state index < -0.39 is 42.7 Å². The summed E-state index contributed by atoms with van der Waals surface area (Å²) in [5.74, 6) is 0.108. The van der Waals surface area contributed by atoms with Gasteiger partial charge in [0, 0.05) is 0 Å². The fraction of sp³-hybridized carbons (Fsp3) is 0.562. The van der Waals surface area contributed by atoms with Crippen LogP contribution in [0.3, 0.4) is 0 Å². The van der Waals surface area contributed by atoms with Crippen molar-refractivity contribution in [2.24, 2.45) is 0 Å². The zero-order valence-corrected chi connectivity index (χ0v) is 13.0. The van der Waals surface area contributed by atoms with Gasteiger partial charge in [0.15, 0.2) is 5.75 Å². The van der Waals surface area contributed by atoms with Gasteiger partial charge in [0.25, 0.3) is 0 Å². The molecule has 1 aliphatic heterocycles. The topological polar surface area (TPSA) is 116 Å². The molecule has 7 heteroatoms. The Hall–Kier alpha value is -1.51. The molecule has 1 aromatic carbocycles. The molecule has 0 aliphatic carbocycles. The summed E-state index contributed by atoms with van der Waals surface area (Å²) in [7, 11) is 0. The third-order valence-electron chi connectivity index (χ3n) is 3.84. The molecule has 2 rings (SSSR count). The van der Waals surface area contributed by atoms with Crippen molar-refractivity contribution in [2.45, 2.75) is 50.5 Å². The summed E-state index contributed by atoms with van der Waals surface area (Å²) in [6.07, 6.45) is -7.03. The molecule has 1 heterocycles. The number of rotatable bonds is 4. The SMILES string of the molecule is CC(C)c1cccc(OC2OC(CO)C(O)C(O)C2O)c(=O)c1. The highest BCUT2D eigenvalue weighted by atomic mass is 16.7. The molecular formula is C16H22O7. The molecule has 5 unspecified atom stereocenters. The lowest BCUT2D eigenvalue weighted by molar-refractivity contribution is -0.277. The van der Waals surface area contributed by atoms with Gasteiger partial charge < -0.3 is 29.9 Å². The lowest BCUT2D eigenvalue weighted by Crippen LogP contribution is -2.60. The Morgan fingerprint density at radius 3 is 2.48 bits per heavy atom. The van der Waals surface area contributed by atoms with E-state index in [1.54, 1.807) is 12.1 Å². The first-order valence-electron chi connectivity index (χ1n) is 7.46. The summed E-state index contributed by atoms with van der Waals surface area (Å²) < 4.78 is 10.6. The van der Waals surface area contributed by atoms with Gasteiger partial charge in [-0.05, 0) is 23.6 Å². The number of aliphatic hydroxyl groups is 4. The van der Waals surface area contributed by atoms with Gasteiger partial charge in [0.1, 0.15) is 24.4 Å². The molecule has 0 bridgehead atoms. The maximum absolute atomic E-state index is 12.2. The van der Waals surface area contributed by atoms with Gasteiger partial charge in [-0.3, -0.25) is 4.79 Å². The van der Waals surface area contributed by atoms with Crippen LogP contribution in [-0.4, -0.2) is 57.7 Å². The summed E-state index contributed by atoms with van der Waals surface area (Å²) >= 11 is 0. The Kier molecular flexibility index (Phi) is 5.72. The predicted octanol–water partition coefficient (Wildman–Crippen LogP) is -0.651. The van der Waals surface area contributed by atoms with E-state index in [-0.39, 0.29) is 11.7 Å². The molecule has 7 nitrogen and oxygen atoms in total. The highest BCUT2D eigenvalue weighted by molar-refractivity contribution is 5.27. The van der Waals surface area contributed by atoms with E-state index in [0.29, 0.717) is 0 Å². The first-order valence-corrected chi connectivity index (χ1v) is 7.46. The Balaban J connectivity index is 2.25. The highest BCUT2D eigenvalue weighted by Crippen LogP contribution is 2.23. The van der Waals surface area contributed by atoms with Crippen LogP contribution >= 0.6 is 0 Å². The minimum atomic E-state index is -1.55. The van der Waals surface area contributed by atoms with E-state index >= 15 is 0 Å². The molecule has 5 atom stereocenters. The van der Waals surface area contributed by atoms with E-state index in [9.17, 15) is 20.1 Å². The molecule has 1 saturated heterocycles. The smallest absolute Gasteiger partial charge is 0.229 e. The van der Waals surface area contributed by atoms with Gasteiger partial charge in [-0.15, -0.1) is 0 Å². The van der Waals surface area contributed by atoms with Crippen LogP contribution in [0.5, 0.6) is 5.75 Å². The molecule has 0 radical (unpaired) electrons. The van der Waals surface area contributed by atoms with Crippen molar-refractivity contribution >= 4 is 0 Å². The third-order valence-corrected chi connectivity index (χ3v) is 3.84. The Morgan fingerprint density at radius 2 is 1.87 bits per heavy atom. The summed E-state index contributed by atoms with van der Waals surface area (Å²) in [6, 6.07) is 6.31. The zero-order chi connectivity index (χ0) is 17.1.